The topological polar surface area (TPSA) is 131 Å². The van der Waals surface area contributed by atoms with Crippen LogP contribution < -0.4 is 5.69 Å². The molecule has 1 aromatic heterocycles. The summed E-state index contributed by atoms with van der Waals surface area (Å²) in [6.07, 6.45) is 0. The Hall–Kier alpha value is -2.62. The third-order valence-corrected chi connectivity index (χ3v) is 3.81. The summed E-state index contributed by atoms with van der Waals surface area (Å²) in [5.74, 6) is -1.23. The van der Waals surface area contributed by atoms with Crippen LogP contribution in [-0.4, -0.2) is 30.8 Å². The molecule has 1 heterocycles. The van der Waals surface area contributed by atoms with E-state index in [-0.39, 0.29) is 16.9 Å². The zero-order valence-electron chi connectivity index (χ0n) is 10.8. The second-order valence-electron chi connectivity index (χ2n) is 4.03. The van der Waals surface area contributed by atoms with Gasteiger partial charge in [-0.15, -0.1) is 5.10 Å². The van der Waals surface area contributed by atoms with Crippen LogP contribution in [0.3, 0.4) is 0 Å². The summed E-state index contributed by atoms with van der Waals surface area (Å²) in [4.78, 5) is 32.6. The van der Waals surface area contributed by atoms with Crippen LogP contribution >= 0.6 is 11.8 Å². The average molecular weight is 310 g/mol. The van der Waals surface area contributed by atoms with Gasteiger partial charge in [-0.05, 0) is 5.56 Å². The number of carboxylic acid groups (broad SMARTS) is 1. The molecule has 0 atom stereocenters. The molecule has 0 radical (unpaired) electrons. The minimum atomic E-state index is -1.37. The van der Waals surface area contributed by atoms with Gasteiger partial charge in [-0.1, -0.05) is 23.9 Å². The molecule has 21 heavy (non-hydrogen) atoms. The number of thioether (sulfide) groups is 1. The highest BCUT2D eigenvalue weighted by Gasteiger charge is 2.23. The van der Waals surface area contributed by atoms with Gasteiger partial charge in [0.1, 0.15) is 5.56 Å². The molecule has 0 bridgehead atoms. The van der Waals surface area contributed by atoms with E-state index in [1.165, 1.54) is 23.7 Å². The van der Waals surface area contributed by atoms with Crippen molar-refractivity contribution in [2.75, 3.05) is 0 Å². The number of nitro benzene ring substituents is 1. The van der Waals surface area contributed by atoms with Crippen molar-refractivity contribution in [1.82, 2.24) is 14.8 Å². The number of benzene rings is 1. The molecule has 2 aromatic rings. The van der Waals surface area contributed by atoms with Gasteiger partial charge in [-0.2, -0.15) is 0 Å². The Labute approximate surface area is 121 Å². The third-order valence-electron chi connectivity index (χ3n) is 2.73. The van der Waals surface area contributed by atoms with E-state index < -0.39 is 22.3 Å². The van der Waals surface area contributed by atoms with Crippen molar-refractivity contribution in [3.8, 4) is 0 Å². The van der Waals surface area contributed by atoms with Crippen LogP contribution in [0.1, 0.15) is 15.9 Å². The summed E-state index contributed by atoms with van der Waals surface area (Å²) in [7, 11) is 1.51. The van der Waals surface area contributed by atoms with Crippen LogP contribution in [-0.2, 0) is 12.8 Å². The van der Waals surface area contributed by atoms with Gasteiger partial charge in [0, 0.05) is 18.9 Å². The van der Waals surface area contributed by atoms with Crippen molar-refractivity contribution in [3.05, 3.63) is 49.9 Å². The van der Waals surface area contributed by atoms with E-state index in [9.17, 15) is 19.7 Å². The fourth-order valence-electron chi connectivity index (χ4n) is 1.71. The second kappa shape index (κ2) is 5.79. The number of hydrogen-bond acceptors (Lipinski definition) is 6. The van der Waals surface area contributed by atoms with Crippen LogP contribution in [0.25, 0.3) is 0 Å². The molecular weight excluding hydrogens is 300 g/mol. The Kier molecular flexibility index (Phi) is 4.08. The molecule has 0 unspecified atom stereocenters. The molecule has 0 saturated heterocycles. The first-order valence-electron chi connectivity index (χ1n) is 5.65. The maximum absolute atomic E-state index is 11.2. The minimum Gasteiger partial charge on any atom is -0.477 e. The monoisotopic (exact) mass is 310 g/mol. The van der Waals surface area contributed by atoms with E-state index in [1.807, 2.05) is 0 Å². The first-order valence-corrected chi connectivity index (χ1v) is 6.64. The number of carboxylic acids is 1. The lowest BCUT2D eigenvalue weighted by Gasteiger charge is -2.06. The highest BCUT2D eigenvalue weighted by atomic mass is 32.2. The smallest absolute Gasteiger partial charge is 0.343 e. The van der Waals surface area contributed by atoms with Crippen LogP contribution in [0.15, 0.2) is 28.2 Å². The highest BCUT2D eigenvalue weighted by Crippen LogP contribution is 2.27. The number of carbonyl (C=O) groups is 1. The minimum absolute atomic E-state index is 0.140. The Morgan fingerprint density at radius 1 is 1.57 bits per heavy atom. The molecule has 10 heteroatoms. The van der Waals surface area contributed by atoms with Crippen molar-refractivity contribution in [1.29, 1.82) is 0 Å². The normalized spacial score (nSPS) is 10.5. The molecule has 2 N–H and O–H groups in total. The molecule has 2 rings (SSSR count). The number of H-pyrrole nitrogens is 1. The van der Waals surface area contributed by atoms with Crippen LogP contribution in [0.5, 0.6) is 0 Å². The second-order valence-corrected chi connectivity index (χ2v) is 4.98. The number of aromatic nitrogens is 3. The molecule has 0 amide bonds. The molecule has 1 aromatic carbocycles. The molecular formula is C11H10N4O5S. The van der Waals surface area contributed by atoms with Crippen LogP contribution in [0, 0.1) is 10.1 Å². The molecule has 0 spiro atoms. The largest absolute Gasteiger partial charge is 0.477 e. The first-order chi connectivity index (χ1) is 9.91. The van der Waals surface area contributed by atoms with E-state index in [4.69, 9.17) is 5.11 Å². The van der Waals surface area contributed by atoms with Crippen molar-refractivity contribution in [2.45, 2.75) is 10.9 Å². The van der Waals surface area contributed by atoms with E-state index in [0.29, 0.717) is 5.16 Å². The summed E-state index contributed by atoms with van der Waals surface area (Å²) >= 11 is 1.11. The Morgan fingerprint density at radius 2 is 2.29 bits per heavy atom. The van der Waals surface area contributed by atoms with Gasteiger partial charge in [-0.3, -0.25) is 14.7 Å². The van der Waals surface area contributed by atoms with Crippen LogP contribution in [0.2, 0.25) is 0 Å². The van der Waals surface area contributed by atoms with Gasteiger partial charge < -0.3 is 5.11 Å². The standard InChI is InChI=1S/C11H10N4O5S/c1-14-10(18)12-13-11(14)21-5-6-3-2-4-7(15(19)20)8(6)9(16)17/h2-4H,5H2,1H3,(H,12,18)(H,16,17). The highest BCUT2D eigenvalue weighted by molar-refractivity contribution is 7.98. The maximum atomic E-state index is 11.2. The van der Waals surface area contributed by atoms with Gasteiger partial charge in [-0.25, -0.2) is 14.7 Å². The van der Waals surface area contributed by atoms with E-state index >= 15 is 0 Å². The van der Waals surface area contributed by atoms with Gasteiger partial charge in [0.2, 0.25) is 0 Å². The van der Waals surface area contributed by atoms with E-state index in [2.05, 4.69) is 10.2 Å². The molecule has 0 aliphatic rings. The van der Waals surface area contributed by atoms with Gasteiger partial charge >= 0.3 is 11.7 Å². The Morgan fingerprint density at radius 3 is 2.81 bits per heavy atom. The lowest BCUT2D eigenvalue weighted by Crippen LogP contribution is -2.13. The van der Waals surface area contributed by atoms with Crippen molar-refractivity contribution in [3.63, 3.8) is 0 Å². The van der Waals surface area contributed by atoms with Crippen molar-refractivity contribution < 1.29 is 14.8 Å². The zero-order valence-corrected chi connectivity index (χ0v) is 11.6. The number of rotatable bonds is 5. The third kappa shape index (κ3) is 2.94. The van der Waals surface area contributed by atoms with Crippen molar-refractivity contribution in [2.24, 2.45) is 7.05 Å². The summed E-state index contributed by atoms with van der Waals surface area (Å²) in [5, 5.41) is 26.4. The Balaban J connectivity index is 2.34. The van der Waals surface area contributed by atoms with E-state index in [0.717, 1.165) is 17.8 Å². The van der Waals surface area contributed by atoms with E-state index in [1.54, 1.807) is 0 Å². The number of aromatic carboxylic acids is 1. The number of nitrogens with zero attached hydrogens (tertiary/aromatic N) is 3. The first kappa shape index (κ1) is 14.8. The lowest BCUT2D eigenvalue weighted by molar-refractivity contribution is -0.385. The fraction of sp³-hybridized carbons (Fsp3) is 0.182. The molecule has 9 nitrogen and oxygen atoms in total. The summed E-state index contributed by atoms with van der Waals surface area (Å²) in [5.41, 5.74) is -0.917. The molecule has 0 aliphatic carbocycles. The summed E-state index contributed by atoms with van der Waals surface area (Å²) in [6, 6.07) is 4.06. The van der Waals surface area contributed by atoms with Gasteiger partial charge in [0.15, 0.2) is 5.16 Å². The number of hydrogen-bond donors (Lipinski definition) is 2. The quantitative estimate of drug-likeness (QED) is 0.478. The Bertz CT molecular complexity index is 766. The average Bonchev–Trinajstić information content (AvgIpc) is 2.75. The van der Waals surface area contributed by atoms with Gasteiger partial charge in [0.25, 0.3) is 5.69 Å². The fourth-order valence-corrected chi connectivity index (χ4v) is 2.62. The number of nitrogens with one attached hydrogen (secondary N) is 1. The predicted molar refractivity (Wildman–Crippen MR) is 73.4 cm³/mol. The number of nitro groups is 1. The lowest BCUT2D eigenvalue weighted by atomic mass is 10.1. The molecule has 110 valence electrons. The number of aromatic amines is 1. The predicted octanol–water partition coefficient (Wildman–Crippen LogP) is 1.01. The van der Waals surface area contributed by atoms with Crippen LogP contribution in [0.4, 0.5) is 5.69 Å². The zero-order chi connectivity index (χ0) is 15.6. The molecule has 0 saturated carbocycles. The molecule has 0 aliphatic heterocycles. The SMILES string of the molecule is Cn1c(SCc2cccc([N+](=O)[O-])c2C(=O)O)n[nH]c1=O. The van der Waals surface area contributed by atoms with Gasteiger partial charge in [0.05, 0.1) is 4.92 Å². The summed E-state index contributed by atoms with van der Waals surface area (Å²) in [6.45, 7) is 0. The van der Waals surface area contributed by atoms with Crippen molar-refractivity contribution >= 4 is 23.4 Å². The maximum Gasteiger partial charge on any atom is 0.343 e. The molecule has 0 fully saturated rings. The summed E-state index contributed by atoms with van der Waals surface area (Å²) < 4.78 is 1.27.